The number of carbonyl (C=O) groups is 1. The van der Waals surface area contributed by atoms with Gasteiger partial charge in [0, 0.05) is 18.4 Å². The molecule has 0 bridgehead atoms. The van der Waals surface area contributed by atoms with E-state index in [9.17, 15) is 4.79 Å². The van der Waals surface area contributed by atoms with Crippen molar-refractivity contribution in [2.75, 3.05) is 27.4 Å². The molecular weight excluding hydrogens is 733 g/mol. The smallest absolute Gasteiger partial charge is 0.200 e. The minimum atomic E-state index is -0.209. The summed E-state index contributed by atoms with van der Waals surface area (Å²) in [6, 6.07) is 23.8. The fourth-order valence-corrected chi connectivity index (χ4v) is 7.74. The van der Waals surface area contributed by atoms with Crippen LogP contribution in [0.25, 0.3) is 32.6 Å². The number of hydrogen-bond acceptors (Lipinski definition) is 11. The van der Waals surface area contributed by atoms with Crippen molar-refractivity contribution in [2.24, 2.45) is 0 Å². The number of nitrogens with zero attached hydrogens (tertiary/aromatic N) is 2. The standard InChI is InChI=1S/C22H23NO3S.C13H16O4.C9H9NS/c1-15-6-10-20-17(13-15)23-21(27-20)11-8-16-7-9-18(19(14-16)24-2)26-22-5-3-4-12-25-22;1-15-12-8-10(9-14)5-6-11(12)17-13-4-2-3-7-16-13;1-6-3-4-9-8(5-6)10-7(2)11-9/h6-11,13-14,22H,3-5,12H2,1-2H3;5-6,8-9,13H,2-4,7H2,1H3;3-5H,1-2H3/b11-8+;;. The molecule has 2 aromatic heterocycles. The fraction of sp³-hybridized carbons (Fsp3) is 0.341. The maximum Gasteiger partial charge on any atom is 0.200 e. The van der Waals surface area contributed by atoms with E-state index in [0.29, 0.717) is 22.8 Å². The predicted octanol–water partition coefficient (Wildman–Crippen LogP) is 11.0. The van der Waals surface area contributed by atoms with Crippen molar-refractivity contribution in [1.29, 1.82) is 0 Å². The first kappa shape index (κ1) is 39.9. The van der Waals surface area contributed by atoms with E-state index < -0.39 is 0 Å². The van der Waals surface area contributed by atoms with E-state index in [0.717, 1.165) is 90.4 Å². The van der Waals surface area contributed by atoms with Crippen LogP contribution in [0.3, 0.4) is 0 Å². The largest absolute Gasteiger partial charge is 0.493 e. The fourth-order valence-electron chi connectivity index (χ4n) is 6.08. The molecule has 11 heteroatoms. The highest BCUT2D eigenvalue weighted by Crippen LogP contribution is 2.33. The van der Waals surface area contributed by atoms with Crippen LogP contribution in [0.1, 0.15) is 75.6 Å². The third-order valence-electron chi connectivity index (χ3n) is 8.93. The highest BCUT2D eigenvalue weighted by atomic mass is 32.1. The Bertz CT molecular complexity index is 2200. The quantitative estimate of drug-likeness (QED) is 0.133. The second kappa shape index (κ2) is 19.7. The number of rotatable bonds is 9. The summed E-state index contributed by atoms with van der Waals surface area (Å²) in [4.78, 5) is 19.7. The summed E-state index contributed by atoms with van der Waals surface area (Å²) in [5.41, 5.74) is 6.30. The summed E-state index contributed by atoms with van der Waals surface area (Å²) in [6.07, 6.45) is 10.7. The van der Waals surface area contributed by atoms with E-state index in [1.165, 1.54) is 20.5 Å². The summed E-state index contributed by atoms with van der Waals surface area (Å²) < 4.78 is 36.0. The molecule has 55 heavy (non-hydrogen) atoms. The molecule has 2 unspecified atom stereocenters. The van der Waals surface area contributed by atoms with Crippen molar-refractivity contribution >= 4 is 61.5 Å². The number of fused-ring (bicyclic) bond motifs is 2. The van der Waals surface area contributed by atoms with Crippen molar-refractivity contribution in [3.8, 4) is 23.0 Å². The Morgan fingerprint density at radius 3 is 1.71 bits per heavy atom. The normalized spacial score (nSPS) is 16.8. The molecular formula is C44H48N2O7S2. The van der Waals surface area contributed by atoms with Crippen LogP contribution >= 0.6 is 22.7 Å². The molecule has 2 saturated heterocycles. The number of benzene rings is 4. The lowest BCUT2D eigenvalue weighted by Crippen LogP contribution is -2.25. The van der Waals surface area contributed by atoms with E-state index in [-0.39, 0.29) is 12.6 Å². The molecule has 0 N–H and O–H groups in total. The molecule has 4 aromatic carbocycles. The maximum absolute atomic E-state index is 10.7. The van der Waals surface area contributed by atoms with Gasteiger partial charge in [-0.3, -0.25) is 4.79 Å². The third-order valence-corrected chi connectivity index (χ3v) is 10.9. The molecule has 4 heterocycles. The lowest BCUT2D eigenvalue weighted by Gasteiger charge is -2.24. The van der Waals surface area contributed by atoms with Crippen LogP contribution in [0, 0.1) is 20.8 Å². The number of aldehydes is 1. The Balaban J connectivity index is 0.000000156. The maximum atomic E-state index is 10.7. The molecule has 2 aliphatic heterocycles. The summed E-state index contributed by atoms with van der Waals surface area (Å²) in [5.74, 6) is 2.61. The second-order valence-electron chi connectivity index (χ2n) is 13.3. The SMILES string of the molecule is COc1cc(/C=C/c2nc3cc(C)ccc3s2)ccc1OC1CCCCO1.COc1cc(C=O)ccc1OC1CCCCO1.Cc1ccc2sc(C)nc2c1. The lowest BCUT2D eigenvalue weighted by molar-refractivity contribution is -0.106. The summed E-state index contributed by atoms with van der Waals surface area (Å²) in [7, 11) is 3.21. The number of methoxy groups -OCH3 is 2. The molecule has 288 valence electrons. The molecule has 0 aliphatic carbocycles. The average molecular weight is 781 g/mol. The van der Waals surface area contributed by atoms with Crippen LogP contribution in [0.4, 0.5) is 0 Å². The summed E-state index contributed by atoms with van der Waals surface area (Å²) in [6.45, 7) is 7.71. The molecule has 9 nitrogen and oxygen atoms in total. The third kappa shape index (κ3) is 11.4. The molecule has 0 saturated carbocycles. The first-order valence-electron chi connectivity index (χ1n) is 18.6. The topological polar surface area (TPSA) is 98.2 Å². The molecule has 0 radical (unpaired) electrons. The molecule has 8 rings (SSSR count). The Hall–Kier alpha value is -4.81. The Morgan fingerprint density at radius 2 is 1.16 bits per heavy atom. The van der Waals surface area contributed by atoms with Gasteiger partial charge in [-0.15, -0.1) is 22.7 Å². The summed E-state index contributed by atoms with van der Waals surface area (Å²) >= 11 is 3.44. The number of hydrogen-bond donors (Lipinski definition) is 0. The highest BCUT2D eigenvalue weighted by Gasteiger charge is 2.19. The van der Waals surface area contributed by atoms with E-state index in [1.807, 2.05) is 37.3 Å². The number of aryl methyl sites for hydroxylation is 3. The van der Waals surface area contributed by atoms with Gasteiger partial charge >= 0.3 is 0 Å². The molecule has 0 amide bonds. The van der Waals surface area contributed by atoms with Crippen LogP contribution < -0.4 is 18.9 Å². The van der Waals surface area contributed by atoms with Gasteiger partial charge in [0.1, 0.15) is 11.3 Å². The van der Waals surface area contributed by atoms with Gasteiger partial charge in [0.2, 0.25) is 0 Å². The van der Waals surface area contributed by atoms with Crippen LogP contribution in [0.5, 0.6) is 23.0 Å². The van der Waals surface area contributed by atoms with Crippen molar-refractivity contribution in [3.05, 3.63) is 105 Å². The van der Waals surface area contributed by atoms with E-state index >= 15 is 0 Å². The van der Waals surface area contributed by atoms with Gasteiger partial charge in [-0.05, 0) is 124 Å². The average Bonchev–Trinajstić information content (AvgIpc) is 3.80. The first-order chi connectivity index (χ1) is 26.8. The predicted molar refractivity (Wildman–Crippen MR) is 222 cm³/mol. The summed E-state index contributed by atoms with van der Waals surface area (Å²) in [5, 5.41) is 2.14. The van der Waals surface area contributed by atoms with Gasteiger partial charge < -0.3 is 28.4 Å². The lowest BCUT2D eigenvalue weighted by atomic mass is 10.2. The minimum absolute atomic E-state index is 0.180. The number of ether oxygens (including phenoxy) is 6. The number of aromatic nitrogens is 2. The molecule has 6 aromatic rings. The van der Waals surface area contributed by atoms with Crippen molar-refractivity contribution in [3.63, 3.8) is 0 Å². The molecule has 2 aliphatic rings. The Kier molecular flexibility index (Phi) is 14.3. The second-order valence-corrected chi connectivity index (χ2v) is 15.6. The minimum Gasteiger partial charge on any atom is -0.493 e. The van der Waals surface area contributed by atoms with Crippen molar-refractivity contribution < 1.29 is 33.2 Å². The zero-order chi connectivity index (χ0) is 38.6. The molecule has 2 fully saturated rings. The van der Waals surface area contributed by atoms with E-state index in [1.54, 1.807) is 55.1 Å². The Morgan fingerprint density at radius 1 is 0.618 bits per heavy atom. The molecule has 0 spiro atoms. The van der Waals surface area contributed by atoms with Crippen molar-refractivity contribution in [2.45, 2.75) is 71.9 Å². The van der Waals surface area contributed by atoms with Gasteiger partial charge in [0.15, 0.2) is 35.6 Å². The van der Waals surface area contributed by atoms with Crippen LogP contribution in [-0.4, -0.2) is 56.3 Å². The highest BCUT2D eigenvalue weighted by molar-refractivity contribution is 7.19. The van der Waals surface area contributed by atoms with Gasteiger partial charge in [-0.2, -0.15) is 0 Å². The van der Waals surface area contributed by atoms with Crippen molar-refractivity contribution in [1.82, 2.24) is 9.97 Å². The zero-order valence-corrected chi connectivity index (χ0v) is 33.7. The van der Waals surface area contributed by atoms with Crippen LogP contribution in [-0.2, 0) is 9.47 Å². The van der Waals surface area contributed by atoms with Gasteiger partial charge in [0.25, 0.3) is 0 Å². The van der Waals surface area contributed by atoms with Crippen LogP contribution in [0.2, 0.25) is 0 Å². The van der Waals surface area contributed by atoms with E-state index in [2.05, 4.69) is 60.2 Å². The zero-order valence-electron chi connectivity index (χ0n) is 32.0. The van der Waals surface area contributed by atoms with Gasteiger partial charge in [-0.25, -0.2) is 9.97 Å². The van der Waals surface area contributed by atoms with Gasteiger partial charge in [-0.1, -0.05) is 24.3 Å². The molecule has 2 atom stereocenters. The van der Waals surface area contributed by atoms with E-state index in [4.69, 9.17) is 28.4 Å². The monoisotopic (exact) mass is 780 g/mol. The number of carbonyl (C=O) groups excluding carboxylic acids is 1. The number of thiazole rings is 2. The van der Waals surface area contributed by atoms with Crippen LogP contribution in [0.15, 0.2) is 72.8 Å². The van der Waals surface area contributed by atoms with Gasteiger partial charge in [0.05, 0.1) is 52.9 Å². The Labute approximate surface area is 330 Å². The first-order valence-corrected chi connectivity index (χ1v) is 20.2.